The van der Waals surface area contributed by atoms with Crippen LogP contribution < -0.4 is 14.5 Å². The van der Waals surface area contributed by atoms with Crippen LogP contribution in [-0.4, -0.2) is 41.2 Å². The first kappa shape index (κ1) is 29.4. The number of amides is 2. The lowest BCUT2D eigenvalue weighted by Crippen LogP contribution is -2.42. The summed E-state index contributed by atoms with van der Waals surface area (Å²) in [5, 5.41) is 0.906. The number of H-pyrrole nitrogens is 1. The van der Waals surface area contributed by atoms with Crippen molar-refractivity contribution in [1.29, 1.82) is 0 Å². The van der Waals surface area contributed by atoms with Crippen LogP contribution in [0.15, 0.2) is 52.3 Å². The molecule has 2 aromatic carbocycles. The number of nitrogens with zero attached hydrogens (tertiary/aromatic N) is 1. The highest BCUT2D eigenvalue weighted by Gasteiger charge is 2.70. The number of nitrogens with one attached hydrogen (secondary N) is 1. The van der Waals surface area contributed by atoms with E-state index in [1.165, 1.54) is 23.9 Å². The topological polar surface area (TPSA) is 106 Å². The minimum atomic E-state index is -4.63. The van der Waals surface area contributed by atoms with Crippen LogP contribution in [0, 0.1) is 29.6 Å². The van der Waals surface area contributed by atoms with Gasteiger partial charge in [-0.15, -0.1) is 11.8 Å². The number of ether oxygens (including phenoxy) is 2. The summed E-state index contributed by atoms with van der Waals surface area (Å²) >= 11 is 8.99. The van der Waals surface area contributed by atoms with Crippen molar-refractivity contribution in [3.05, 3.63) is 73.2 Å². The van der Waals surface area contributed by atoms with E-state index in [9.17, 15) is 32.3 Å². The summed E-state index contributed by atoms with van der Waals surface area (Å²) < 4.78 is 51.4. The summed E-state index contributed by atoms with van der Waals surface area (Å²) in [5.74, 6) is -3.76. The van der Waals surface area contributed by atoms with Gasteiger partial charge in [-0.05, 0) is 67.5 Å². The maximum absolute atomic E-state index is 13.9. The van der Waals surface area contributed by atoms with E-state index in [1.54, 1.807) is 25.1 Å². The number of halogens is 4. The number of carbonyl (C=O) groups excluding carboxylic acids is 3. The van der Waals surface area contributed by atoms with Gasteiger partial charge in [0.2, 0.25) is 11.8 Å². The summed E-state index contributed by atoms with van der Waals surface area (Å²) in [6.45, 7) is 1.53. The Kier molecular flexibility index (Phi) is 7.13. The molecule has 7 rings (SSSR count). The minimum Gasteiger partial charge on any atom is -0.482 e. The van der Waals surface area contributed by atoms with Crippen molar-refractivity contribution in [2.75, 3.05) is 18.1 Å². The largest absolute Gasteiger partial charge is 0.482 e. The molecule has 4 unspecified atom stereocenters. The first-order chi connectivity index (χ1) is 21.0. The molecule has 2 saturated carbocycles. The molecule has 3 heterocycles. The third-order valence-electron chi connectivity index (χ3n) is 9.11. The maximum atomic E-state index is 13.9. The summed E-state index contributed by atoms with van der Waals surface area (Å²) in [6.07, 6.45) is -4.05. The summed E-state index contributed by atoms with van der Waals surface area (Å²) in [6, 6.07) is 9.29. The lowest BCUT2D eigenvalue weighted by molar-refractivity contribution is -0.145. The second kappa shape index (κ2) is 10.7. The molecule has 3 aromatic rings. The van der Waals surface area contributed by atoms with Crippen molar-refractivity contribution in [3.8, 4) is 5.75 Å². The number of hydrogen-bond acceptors (Lipinski definition) is 8. The molecule has 0 radical (unpaired) electrons. The van der Waals surface area contributed by atoms with Gasteiger partial charge < -0.3 is 14.5 Å². The highest BCUT2D eigenvalue weighted by molar-refractivity contribution is 8.00. The fourth-order valence-corrected chi connectivity index (χ4v) is 10.7. The number of aromatic amines is 1. The lowest BCUT2D eigenvalue weighted by atomic mass is 9.68. The highest BCUT2D eigenvalue weighted by atomic mass is 35.5. The average Bonchev–Trinajstić information content (AvgIpc) is 3.71. The van der Waals surface area contributed by atoms with Crippen molar-refractivity contribution in [1.82, 2.24) is 4.98 Å². The molecule has 2 aliphatic heterocycles. The third-order valence-corrected chi connectivity index (χ3v) is 11.9. The number of anilines is 1. The van der Waals surface area contributed by atoms with Gasteiger partial charge in [0.25, 0.3) is 0 Å². The molecule has 0 spiro atoms. The monoisotopic (exact) mass is 664 g/mol. The smallest absolute Gasteiger partial charge is 0.416 e. The van der Waals surface area contributed by atoms with Crippen LogP contribution >= 0.6 is 34.7 Å². The molecule has 14 heteroatoms. The fraction of sp³-hybridized carbons (Fsp3) is 0.400. The van der Waals surface area contributed by atoms with Crippen LogP contribution in [0.2, 0.25) is 5.02 Å². The normalized spacial score (nSPS) is 28.6. The number of thioether (sulfide) groups is 1. The molecule has 1 aromatic heterocycles. The molecular formula is C30H24ClF3N2O6S2. The second-order valence-electron chi connectivity index (χ2n) is 11.3. The van der Waals surface area contributed by atoms with E-state index >= 15 is 0 Å². The molecule has 7 atom stereocenters. The van der Waals surface area contributed by atoms with Gasteiger partial charge in [0.1, 0.15) is 5.75 Å². The quantitative estimate of drug-likeness (QED) is 0.265. The van der Waals surface area contributed by atoms with Crippen LogP contribution in [0.4, 0.5) is 18.9 Å². The van der Waals surface area contributed by atoms with Gasteiger partial charge >= 0.3 is 17.0 Å². The Labute approximate surface area is 261 Å². The minimum absolute atomic E-state index is 0.0938. The second-order valence-corrected chi connectivity index (χ2v) is 13.9. The number of esters is 1. The Balaban J connectivity index is 1.29. The number of fused-ring (bicyclic) bond motifs is 9. The van der Waals surface area contributed by atoms with Crippen LogP contribution in [0.5, 0.6) is 5.75 Å². The van der Waals surface area contributed by atoms with Crippen LogP contribution in [0.25, 0.3) is 0 Å². The molecule has 1 saturated heterocycles. The van der Waals surface area contributed by atoms with Gasteiger partial charge in [-0.3, -0.25) is 19.3 Å². The Morgan fingerprint density at radius 1 is 1.09 bits per heavy atom. The Hall–Kier alpha value is -3.29. The van der Waals surface area contributed by atoms with Crippen molar-refractivity contribution in [2.45, 2.75) is 35.7 Å². The number of carbonyl (C=O) groups is 3. The zero-order valence-corrected chi connectivity index (χ0v) is 25.3. The number of benzene rings is 2. The summed E-state index contributed by atoms with van der Waals surface area (Å²) in [7, 11) is 0. The molecular weight excluding hydrogens is 641 g/mol. The Morgan fingerprint density at radius 3 is 2.57 bits per heavy atom. The fourth-order valence-electron chi connectivity index (χ4n) is 7.67. The molecule has 2 bridgehead atoms. The summed E-state index contributed by atoms with van der Waals surface area (Å²) in [4.78, 5) is 56.8. The van der Waals surface area contributed by atoms with E-state index in [0.717, 1.165) is 33.2 Å². The van der Waals surface area contributed by atoms with Gasteiger partial charge in [-0.25, -0.2) is 4.79 Å². The SMILES string of the molecule is CCOC(=O)COc1ccc(Cl)cc1[C@H]1c2sc(=O)[nH]c2SC2C1[C@H]1C[C@@H]2C2C(=O)N(c3cccc(C(F)(F)F)c3)C(=O)C21. The molecule has 44 heavy (non-hydrogen) atoms. The number of alkyl halides is 3. The molecule has 230 valence electrons. The molecule has 3 fully saturated rings. The molecule has 4 aliphatic rings. The van der Waals surface area contributed by atoms with E-state index in [0.29, 0.717) is 27.8 Å². The van der Waals surface area contributed by atoms with E-state index in [-0.39, 0.29) is 46.8 Å². The third kappa shape index (κ3) is 4.57. The van der Waals surface area contributed by atoms with E-state index in [4.69, 9.17) is 21.1 Å². The number of aromatic nitrogens is 1. The van der Waals surface area contributed by atoms with Crippen LogP contribution in [0.3, 0.4) is 0 Å². The molecule has 8 nitrogen and oxygen atoms in total. The lowest BCUT2D eigenvalue weighted by Gasteiger charge is -2.43. The van der Waals surface area contributed by atoms with E-state index in [2.05, 4.69) is 4.98 Å². The van der Waals surface area contributed by atoms with Crippen molar-refractivity contribution < 1.29 is 37.0 Å². The first-order valence-corrected chi connectivity index (χ1v) is 16.1. The predicted octanol–water partition coefficient (Wildman–Crippen LogP) is 5.73. The average molecular weight is 665 g/mol. The standard InChI is InChI=1S/C30H24ClF3N2O6S2/c1-2-41-19(37)11-42-18-7-6-13(31)9-15(18)20-21-16-10-17(24(21)43-26-25(20)44-29(40)35-26)23-22(16)27(38)36(28(23)39)14-5-3-4-12(8-14)30(32,33)34/h3-9,16-17,20-24H,2,10-11H2,1H3,(H,35,40)/t16-,17-,20-,21?,22?,23?,24?/m1/s1. The zero-order valence-electron chi connectivity index (χ0n) is 22.9. The van der Waals surface area contributed by atoms with Crippen molar-refractivity contribution >= 4 is 58.2 Å². The Bertz CT molecular complexity index is 1760. The molecule has 2 aliphatic carbocycles. The van der Waals surface area contributed by atoms with Gasteiger partial charge in [0, 0.05) is 26.6 Å². The van der Waals surface area contributed by atoms with E-state index < -0.39 is 47.3 Å². The number of hydrogen-bond donors (Lipinski definition) is 1. The van der Waals surface area contributed by atoms with Crippen LogP contribution in [-0.2, 0) is 25.3 Å². The van der Waals surface area contributed by atoms with E-state index in [1.807, 2.05) is 0 Å². The highest BCUT2D eigenvalue weighted by Crippen LogP contribution is 2.69. The van der Waals surface area contributed by atoms with Gasteiger partial charge in [-0.1, -0.05) is 29.0 Å². The summed E-state index contributed by atoms with van der Waals surface area (Å²) in [5.41, 5.74) is -0.391. The first-order valence-electron chi connectivity index (χ1n) is 14.0. The van der Waals surface area contributed by atoms with Gasteiger partial charge in [0.05, 0.1) is 34.7 Å². The number of imide groups is 1. The van der Waals surface area contributed by atoms with Crippen molar-refractivity contribution in [2.24, 2.45) is 29.6 Å². The number of rotatable bonds is 6. The predicted molar refractivity (Wildman–Crippen MR) is 156 cm³/mol. The van der Waals surface area contributed by atoms with Crippen LogP contribution in [0.1, 0.15) is 35.3 Å². The molecule has 2 amide bonds. The Morgan fingerprint density at radius 2 is 1.84 bits per heavy atom. The van der Waals surface area contributed by atoms with Gasteiger partial charge in [0.15, 0.2) is 6.61 Å². The zero-order chi connectivity index (χ0) is 31.1. The molecule has 1 N–H and O–H groups in total. The van der Waals surface area contributed by atoms with Crippen molar-refractivity contribution in [3.63, 3.8) is 0 Å². The number of thiazole rings is 1. The maximum Gasteiger partial charge on any atom is 0.416 e. The van der Waals surface area contributed by atoms with Gasteiger partial charge in [-0.2, -0.15) is 13.2 Å².